The minimum absolute atomic E-state index is 0.146. The van der Waals surface area contributed by atoms with Crippen molar-refractivity contribution >= 4 is 17.4 Å². The summed E-state index contributed by atoms with van der Waals surface area (Å²) in [5.41, 5.74) is 2.28. The Morgan fingerprint density at radius 1 is 0.964 bits per heavy atom. The van der Waals surface area contributed by atoms with Gasteiger partial charge in [-0.2, -0.15) is 0 Å². The lowest BCUT2D eigenvalue weighted by Crippen LogP contribution is -2.37. The molecule has 0 radical (unpaired) electrons. The molecule has 6 nitrogen and oxygen atoms in total. The van der Waals surface area contributed by atoms with E-state index in [9.17, 15) is 4.79 Å². The van der Waals surface area contributed by atoms with Gasteiger partial charge in [-0.3, -0.25) is 4.79 Å². The molecule has 1 aliphatic rings. The highest BCUT2D eigenvalue weighted by Crippen LogP contribution is 2.21. The summed E-state index contributed by atoms with van der Waals surface area (Å²) in [6, 6.07) is 21.4. The molecule has 1 fully saturated rings. The third-order valence-electron chi connectivity index (χ3n) is 4.70. The summed E-state index contributed by atoms with van der Waals surface area (Å²) in [5, 5.41) is 0. The number of amides is 1. The van der Waals surface area contributed by atoms with E-state index in [1.165, 1.54) is 6.33 Å². The molecule has 0 aliphatic carbocycles. The molecule has 0 saturated carbocycles. The van der Waals surface area contributed by atoms with E-state index in [1.807, 2.05) is 60.7 Å². The first kappa shape index (κ1) is 18.1. The number of para-hydroxylation sites is 1. The van der Waals surface area contributed by atoms with Crippen molar-refractivity contribution in [2.24, 2.45) is 0 Å². The molecule has 1 aliphatic heterocycles. The van der Waals surface area contributed by atoms with Crippen LogP contribution >= 0.6 is 0 Å². The Morgan fingerprint density at radius 2 is 1.64 bits per heavy atom. The number of hydrogen-bond acceptors (Lipinski definition) is 5. The van der Waals surface area contributed by atoms with Crippen molar-refractivity contribution in [3.63, 3.8) is 0 Å². The lowest BCUT2D eigenvalue weighted by Gasteiger charge is -2.28. The zero-order valence-electron chi connectivity index (χ0n) is 15.6. The van der Waals surface area contributed by atoms with E-state index in [4.69, 9.17) is 4.74 Å². The van der Waals surface area contributed by atoms with Crippen LogP contribution in [0.4, 0.5) is 11.5 Å². The third kappa shape index (κ3) is 4.18. The van der Waals surface area contributed by atoms with Crippen LogP contribution in [0.2, 0.25) is 0 Å². The SMILES string of the molecule is O=C(c1cc(N2CCOCC2)ncn1)N(Cc1ccccc1)c1ccccc1. The van der Waals surface area contributed by atoms with Gasteiger partial charge in [-0.15, -0.1) is 0 Å². The molecular weight excluding hydrogens is 352 g/mol. The second-order valence-corrected chi connectivity index (χ2v) is 6.57. The Labute approximate surface area is 164 Å². The first-order chi connectivity index (χ1) is 13.8. The van der Waals surface area contributed by atoms with Crippen LogP contribution in [-0.2, 0) is 11.3 Å². The van der Waals surface area contributed by atoms with Crippen LogP contribution in [0.15, 0.2) is 73.1 Å². The number of hydrogen-bond donors (Lipinski definition) is 0. The lowest BCUT2D eigenvalue weighted by molar-refractivity contribution is 0.0980. The van der Waals surface area contributed by atoms with Gasteiger partial charge in [0, 0.05) is 24.8 Å². The van der Waals surface area contributed by atoms with Gasteiger partial charge >= 0.3 is 0 Å². The molecule has 1 saturated heterocycles. The second kappa shape index (κ2) is 8.63. The lowest BCUT2D eigenvalue weighted by atomic mass is 10.1. The highest BCUT2D eigenvalue weighted by molar-refractivity contribution is 6.05. The standard InChI is InChI=1S/C22H22N4O2/c27-22(20-15-21(24-17-23-20)25-11-13-28-14-12-25)26(19-9-5-2-6-10-19)16-18-7-3-1-4-8-18/h1-10,15,17H,11-14,16H2. The summed E-state index contributed by atoms with van der Waals surface area (Å²) in [5.74, 6) is 0.612. The largest absolute Gasteiger partial charge is 0.378 e. The highest BCUT2D eigenvalue weighted by Gasteiger charge is 2.21. The third-order valence-corrected chi connectivity index (χ3v) is 4.70. The van der Waals surface area contributed by atoms with E-state index in [0.717, 1.165) is 30.2 Å². The van der Waals surface area contributed by atoms with Gasteiger partial charge in [-0.05, 0) is 17.7 Å². The molecule has 0 atom stereocenters. The predicted molar refractivity (Wildman–Crippen MR) is 108 cm³/mol. The van der Waals surface area contributed by atoms with E-state index in [1.54, 1.807) is 11.0 Å². The molecule has 1 amide bonds. The van der Waals surface area contributed by atoms with Crippen molar-refractivity contribution in [2.45, 2.75) is 6.54 Å². The maximum absolute atomic E-state index is 13.4. The number of carbonyl (C=O) groups excluding carboxylic acids is 1. The van der Waals surface area contributed by atoms with Crippen molar-refractivity contribution in [1.82, 2.24) is 9.97 Å². The van der Waals surface area contributed by atoms with Crippen molar-refractivity contribution in [2.75, 3.05) is 36.1 Å². The highest BCUT2D eigenvalue weighted by atomic mass is 16.5. The van der Waals surface area contributed by atoms with Gasteiger partial charge in [0.15, 0.2) is 0 Å². The average Bonchev–Trinajstić information content (AvgIpc) is 2.79. The summed E-state index contributed by atoms with van der Waals surface area (Å²) in [7, 11) is 0. The molecule has 0 spiro atoms. The molecule has 0 bridgehead atoms. The van der Waals surface area contributed by atoms with Gasteiger partial charge in [0.05, 0.1) is 19.8 Å². The molecule has 28 heavy (non-hydrogen) atoms. The number of nitrogens with zero attached hydrogens (tertiary/aromatic N) is 4. The molecular formula is C22H22N4O2. The molecule has 1 aromatic heterocycles. The van der Waals surface area contributed by atoms with Gasteiger partial charge < -0.3 is 14.5 Å². The minimum atomic E-state index is -0.146. The van der Waals surface area contributed by atoms with E-state index in [-0.39, 0.29) is 5.91 Å². The van der Waals surface area contributed by atoms with Crippen molar-refractivity contribution < 1.29 is 9.53 Å². The molecule has 4 rings (SSSR count). The number of rotatable bonds is 5. The van der Waals surface area contributed by atoms with E-state index >= 15 is 0 Å². The Bertz CT molecular complexity index is 912. The monoisotopic (exact) mass is 374 g/mol. The molecule has 142 valence electrons. The van der Waals surface area contributed by atoms with Gasteiger partial charge in [0.1, 0.15) is 17.8 Å². The van der Waals surface area contributed by atoms with Crippen LogP contribution in [0.1, 0.15) is 16.1 Å². The fourth-order valence-electron chi connectivity index (χ4n) is 3.22. The Morgan fingerprint density at radius 3 is 2.36 bits per heavy atom. The van der Waals surface area contributed by atoms with Gasteiger partial charge in [0.2, 0.25) is 0 Å². The number of carbonyl (C=O) groups is 1. The Hall–Kier alpha value is -3.25. The topological polar surface area (TPSA) is 58.6 Å². The van der Waals surface area contributed by atoms with Crippen LogP contribution < -0.4 is 9.80 Å². The van der Waals surface area contributed by atoms with Gasteiger partial charge in [0.25, 0.3) is 5.91 Å². The van der Waals surface area contributed by atoms with Crippen molar-refractivity contribution in [3.05, 3.63) is 84.3 Å². The predicted octanol–water partition coefficient (Wildman–Crippen LogP) is 3.16. The zero-order valence-corrected chi connectivity index (χ0v) is 15.6. The molecule has 6 heteroatoms. The maximum Gasteiger partial charge on any atom is 0.277 e. The number of ether oxygens (including phenoxy) is 1. The van der Waals surface area contributed by atoms with Crippen LogP contribution in [-0.4, -0.2) is 42.2 Å². The summed E-state index contributed by atoms with van der Waals surface area (Å²) < 4.78 is 5.40. The summed E-state index contributed by atoms with van der Waals surface area (Å²) >= 11 is 0. The number of aromatic nitrogens is 2. The molecule has 0 unspecified atom stereocenters. The summed E-state index contributed by atoms with van der Waals surface area (Å²) in [6.45, 7) is 3.32. The fraction of sp³-hybridized carbons (Fsp3) is 0.227. The van der Waals surface area contributed by atoms with E-state index < -0.39 is 0 Å². The van der Waals surface area contributed by atoms with Gasteiger partial charge in [-0.1, -0.05) is 48.5 Å². The smallest absolute Gasteiger partial charge is 0.277 e. The van der Waals surface area contributed by atoms with Crippen molar-refractivity contribution in [3.8, 4) is 0 Å². The van der Waals surface area contributed by atoms with Gasteiger partial charge in [-0.25, -0.2) is 9.97 Å². The first-order valence-corrected chi connectivity index (χ1v) is 9.37. The molecule has 3 aromatic rings. The normalized spacial score (nSPS) is 13.9. The molecule has 0 N–H and O–H groups in total. The Balaban J connectivity index is 1.63. The second-order valence-electron chi connectivity index (χ2n) is 6.57. The quantitative estimate of drug-likeness (QED) is 0.687. The minimum Gasteiger partial charge on any atom is -0.378 e. The average molecular weight is 374 g/mol. The number of anilines is 2. The van der Waals surface area contributed by atoms with Crippen LogP contribution in [0, 0.1) is 0 Å². The van der Waals surface area contributed by atoms with E-state index in [0.29, 0.717) is 25.5 Å². The maximum atomic E-state index is 13.4. The Kier molecular flexibility index (Phi) is 5.58. The van der Waals surface area contributed by atoms with E-state index in [2.05, 4.69) is 14.9 Å². The van der Waals surface area contributed by atoms with Crippen LogP contribution in [0.5, 0.6) is 0 Å². The number of morpholine rings is 1. The van der Waals surface area contributed by atoms with Crippen molar-refractivity contribution in [1.29, 1.82) is 0 Å². The number of benzene rings is 2. The zero-order chi connectivity index (χ0) is 19.2. The van der Waals surface area contributed by atoms with Crippen LogP contribution in [0.25, 0.3) is 0 Å². The van der Waals surface area contributed by atoms with Crippen LogP contribution in [0.3, 0.4) is 0 Å². The summed E-state index contributed by atoms with van der Waals surface area (Å²) in [4.78, 5) is 25.9. The molecule has 2 aromatic carbocycles. The first-order valence-electron chi connectivity index (χ1n) is 9.37. The fourth-order valence-corrected chi connectivity index (χ4v) is 3.22. The summed E-state index contributed by atoms with van der Waals surface area (Å²) in [6.07, 6.45) is 1.46. The molecule has 2 heterocycles.